The third kappa shape index (κ3) is 4.73. The standard InChI is InChI=1S/C24H28F4O2/c1-2-3-4-5-6-7-14-30-17-10-8-16(9-11-17)19-13-12-18-20(24(19,27)28)15-21(25)22(26)23(18)29/h8-11,15,19,29H,2-7,12-14H2,1H3. The maximum Gasteiger partial charge on any atom is 0.280 e. The van der Waals surface area contributed by atoms with E-state index >= 15 is 8.78 Å². The summed E-state index contributed by atoms with van der Waals surface area (Å²) in [5.74, 6) is -7.93. The van der Waals surface area contributed by atoms with Crippen LogP contribution in [-0.2, 0) is 12.3 Å². The second kappa shape index (κ2) is 9.71. The predicted molar refractivity (Wildman–Crippen MR) is 108 cm³/mol. The van der Waals surface area contributed by atoms with Gasteiger partial charge >= 0.3 is 0 Å². The Bertz CT molecular complexity index is 849. The molecule has 164 valence electrons. The number of halogens is 4. The van der Waals surface area contributed by atoms with E-state index in [0.717, 1.165) is 12.8 Å². The van der Waals surface area contributed by atoms with Gasteiger partial charge in [-0.15, -0.1) is 0 Å². The molecule has 0 saturated carbocycles. The van der Waals surface area contributed by atoms with Gasteiger partial charge in [-0.1, -0.05) is 51.2 Å². The monoisotopic (exact) mass is 424 g/mol. The van der Waals surface area contributed by atoms with E-state index < -0.39 is 34.8 Å². The molecule has 2 aromatic rings. The molecule has 6 heteroatoms. The Balaban J connectivity index is 1.64. The molecule has 1 atom stereocenters. The molecule has 0 fully saturated rings. The summed E-state index contributed by atoms with van der Waals surface area (Å²) >= 11 is 0. The smallest absolute Gasteiger partial charge is 0.280 e. The van der Waals surface area contributed by atoms with Crippen LogP contribution in [0, 0.1) is 11.6 Å². The summed E-state index contributed by atoms with van der Waals surface area (Å²) in [6.07, 6.45) is 7.02. The minimum atomic E-state index is -3.42. The van der Waals surface area contributed by atoms with Crippen LogP contribution in [0.4, 0.5) is 17.6 Å². The highest BCUT2D eigenvalue weighted by Crippen LogP contribution is 2.52. The first kappa shape index (κ1) is 22.4. The number of phenolic OH excluding ortho intramolecular Hbond substituents is 1. The Morgan fingerprint density at radius 1 is 1.03 bits per heavy atom. The molecule has 0 aromatic heterocycles. The van der Waals surface area contributed by atoms with Crippen molar-refractivity contribution in [2.45, 2.75) is 70.1 Å². The topological polar surface area (TPSA) is 29.5 Å². The molecule has 0 heterocycles. The maximum absolute atomic E-state index is 15.1. The molecule has 2 aromatic carbocycles. The zero-order valence-electron chi connectivity index (χ0n) is 17.2. The van der Waals surface area contributed by atoms with Gasteiger partial charge in [-0.3, -0.25) is 0 Å². The van der Waals surface area contributed by atoms with Crippen LogP contribution in [0.3, 0.4) is 0 Å². The van der Waals surface area contributed by atoms with Crippen molar-refractivity contribution in [2.75, 3.05) is 6.61 Å². The fraction of sp³-hybridized carbons (Fsp3) is 0.500. The fourth-order valence-corrected chi connectivity index (χ4v) is 4.10. The predicted octanol–water partition coefficient (Wildman–Crippen LogP) is 7.23. The molecule has 0 radical (unpaired) electrons. The molecule has 0 amide bonds. The van der Waals surface area contributed by atoms with Crippen LogP contribution in [-0.4, -0.2) is 11.7 Å². The number of aromatic hydroxyl groups is 1. The second-order valence-corrected chi connectivity index (χ2v) is 7.95. The molecule has 0 saturated heterocycles. The lowest BCUT2D eigenvalue weighted by atomic mass is 9.76. The maximum atomic E-state index is 15.1. The average molecular weight is 424 g/mol. The number of fused-ring (bicyclic) bond motifs is 1. The summed E-state index contributed by atoms with van der Waals surface area (Å²) in [6.45, 7) is 2.76. The Hall–Kier alpha value is -2.24. The van der Waals surface area contributed by atoms with Gasteiger partial charge in [0.15, 0.2) is 11.6 Å². The molecule has 1 aliphatic rings. The van der Waals surface area contributed by atoms with Gasteiger partial charge in [0.1, 0.15) is 5.75 Å². The van der Waals surface area contributed by atoms with E-state index in [2.05, 4.69) is 6.92 Å². The lowest BCUT2D eigenvalue weighted by molar-refractivity contribution is -0.0443. The van der Waals surface area contributed by atoms with Gasteiger partial charge in [0.05, 0.1) is 12.5 Å². The number of hydrogen-bond donors (Lipinski definition) is 1. The summed E-state index contributed by atoms with van der Waals surface area (Å²) in [7, 11) is 0. The largest absolute Gasteiger partial charge is 0.505 e. The summed E-state index contributed by atoms with van der Waals surface area (Å²) in [4.78, 5) is 0. The van der Waals surface area contributed by atoms with Crippen LogP contribution in [0.1, 0.15) is 74.5 Å². The van der Waals surface area contributed by atoms with Gasteiger partial charge < -0.3 is 9.84 Å². The SMILES string of the molecule is CCCCCCCCOc1ccc(C2CCc3c(cc(F)c(F)c3O)C2(F)F)cc1. The van der Waals surface area contributed by atoms with E-state index in [0.29, 0.717) is 24.0 Å². The van der Waals surface area contributed by atoms with E-state index in [4.69, 9.17) is 4.74 Å². The number of benzene rings is 2. The molecule has 30 heavy (non-hydrogen) atoms. The lowest BCUT2D eigenvalue weighted by Crippen LogP contribution is -2.30. The first-order valence-corrected chi connectivity index (χ1v) is 10.7. The third-order valence-electron chi connectivity index (χ3n) is 5.83. The van der Waals surface area contributed by atoms with E-state index in [-0.39, 0.29) is 18.4 Å². The fourth-order valence-electron chi connectivity index (χ4n) is 4.10. The van der Waals surface area contributed by atoms with Crippen LogP contribution in [0.5, 0.6) is 11.5 Å². The van der Waals surface area contributed by atoms with Crippen molar-refractivity contribution in [3.05, 3.63) is 58.7 Å². The molecule has 2 nitrogen and oxygen atoms in total. The zero-order chi connectivity index (χ0) is 21.7. The van der Waals surface area contributed by atoms with Gasteiger partial charge in [0.2, 0.25) is 5.82 Å². The zero-order valence-corrected chi connectivity index (χ0v) is 17.2. The number of unbranched alkanes of at least 4 members (excludes halogenated alkanes) is 5. The normalized spacial score (nSPS) is 17.6. The second-order valence-electron chi connectivity index (χ2n) is 7.95. The van der Waals surface area contributed by atoms with Crippen molar-refractivity contribution < 1.29 is 27.4 Å². The number of ether oxygens (including phenoxy) is 1. The van der Waals surface area contributed by atoms with E-state index in [1.807, 2.05) is 0 Å². The summed E-state index contributed by atoms with van der Waals surface area (Å²) in [6, 6.07) is 7.04. The van der Waals surface area contributed by atoms with Crippen molar-refractivity contribution >= 4 is 0 Å². The van der Waals surface area contributed by atoms with Gasteiger partial charge in [-0.05, 0) is 43.0 Å². The van der Waals surface area contributed by atoms with Crippen LogP contribution in [0.15, 0.2) is 30.3 Å². The van der Waals surface area contributed by atoms with E-state index in [9.17, 15) is 13.9 Å². The lowest BCUT2D eigenvalue weighted by Gasteiger charge is -2.34. The minimum Gasteiger partial charge on any atom is -0.505 e. The van der Waals surface area contributed by atoms with Crippen molar-refractivity contribution in [2.24, 2.45) is 0 Å². The summed E-state index contributed by atoms with van der Waals surface area (Å²) in [5.41, 5.74) is -0.450. The van der Waals surface area contributed by atoms with Crippen molar-refractivity contribution in [3.63, 3.8) is 0 Å². The van der Waals surface area contributed by atoms with Gasteiger partial charge in [0, 0.05) is 11.1 Å². The molecular weight excluding hydrogens is 396 g/mol. The minimum absolute atomic E-state index is 0.0244. The van der Waals surface area contributed by atoms with E-state index in [1.54, 1.807) is 24.3 Å². The van der Waals surface area contributed by atoms with Crippen molar-refractivity contribution in [3.8, 4) is 11.5 Å². The Morgan fingerprint density at radius 3 is 2.40 bits per heavy atom. The van der Waals surface area contributed by atoms with E-state index in [1.165, 1.54) is 25.7 Å². The number of phenols is 1. The molecular formula is C24H28F4O2. The molecule has 0 aliphatic heterocycles. The number of rotatable bonds is 9. The number of alkyl halides is 2. The Kier molecular flexibility index (Phi) is 7.27. The first-order valence-electron chi connectivity index (χ1n) is 10.7. The van der Waals surface area contributed by atoms with Gasteiger partial charge in [0.25, 0.3) is 5.92 Å². The molecule has 0 spiro atoms. The van der Waals surface area contributed by atoms with Crippen LogP contribution in [0.25, 0.3) is 0 Å². The quantitative estimate of drug-likeness (QED) is 0.340. The number of hydrogen-bond acceptors (Lipinski definition) is 2. The van der Waals surface area contributed by atoms with Gasteiger partial charge in [-0.2, -0.15) is 4.39 Å². The Labute approximate surface area is 174 Å². The average Bonchev–Trinajstić information content (AvgIpc) is 2.73. The highest BCUT2D eigenvalue weighted by molar-refractivity contribution is 5.47. The van der Waals surface area contributed by atoms with Gasteiger partial charge in [-0.25, -0.2) is 13.2 Å². The van der Waals surface area contributed by atoms with Crippen molar-refractivity contribution in [1.29, 1.82) is 0 Å². The van der Waals surface area contributed by atoms with Crippen LogP contribution >= 0.6 is 0 Å². The molecule has 1 N–H and O–H groups in total. The van der Waals surface area contributed by atoms with Crippen LogP contribution < -0.4 is 4.74 Å². The van der Waals surface area contributed by atoms with Crippen LogP contribution in [0.2, 0.25) is 0 Å². The molecule has 1 unspecified atom stereocenters. The Morgan fingerprint density at radius 2 is 1.70 bits per heavy atom. The highest BCUT2D eigenvalue weighted by atomic mass is 19.3. The first-order chi connectivity index (χ1) is 14.4. The third-order valence-corrected chi connectivity index (χ3v) is 5.83. The summed E-state index contributed by atoms with van der Waals surface area (Å²) < 4.78 is 63.1. The highest BCUT2D eigenvalue weighted by Gasteiger charge is 2.48. The molecule has 0 bridgehead atoms. The molecule has 1 aliphatic carbocycles. The molecule has 3 rings (SSSR count). The van der Waals surface area contributed by atoms with Crippen molar-refractivity contribution in [1.82, 2.24) is 0 Å². The summed E-state index contributed by atoms with van der Waals surface area (Å²) in [5, 5.41) is 9.75.